The summed E-state index contributed by atoms with van der Waals surface area (Å²) in [4.78, 5) is 16.5. The molecule has 30 heavy (non-hydrogen) atoms. The number of fused-ring (bicyclic) bond motifs is 1. The summed E-state index contributed by atoms with van der Waals surface area (Å²) in [6.45, 7) is 3.93. The van der Waals surface area contributed by atoms with E-state index in [0.29, 0.717) is 24.6 Å². The highest BCUT2D eigenvalue weighted by Gasteiger charge is 2.26. The topological polar surface area (TPSA) is 63.4 Å². The lowest BCUT2D eigenvalue weighted by atomic mass is 10.0. The van der Waals surface area contributed by atoms with Crippen LogP contribution in [0.15, 0.2) is 54.6 Å². The zero-order valence-electron chi connectivity index (χ0n) is 17.4. The molecule has 1 aliphatic rings. The Bertz CT molecular complexity index is 1030. The van der Waals surface area contributed by atoms with Gasteiger partial charge < -0.3 is 24.4 Å². The highest BCUT2D eigenvalue weighted by molar-refractivity contribution is 6.07. The van der Waals surface area contributed by atoms with Gasteiger partial charge in [-0.25, -0.2) is 0 Å². The number of carbonyl (C=O) groups is 1. The Morgan fingerprint density at radius 3 is 2.30 bits per heavy atom. The van der Waals surface area contributed by atoms with Crippen LogP contribution >= 0.6 is 0 Å². The maximum Gasteiger partial charge on any atom is 0.254 e. The molecule has 6 nitrogen and oxygen atoms in total. The number of quaternary nitrogens is 1. The van der Waals surface area contributed by atoms with Gasteiger partial charge in [-0.15, -0.1) is 0 Å². The first kappa shape index (κ1) is 20.0. The van der Waals surface area contributed by atoms with E-state index in [9.17, 15) is 9.90 Å². The predicted octanol–water partition coefficient (Wildman–Crippen LogP) is 2.10. The number of rotatable bonds is 5. The molecule has 0 aromatic heterocycles. The summed E-state index contributed by atoms with van der Waals surface area (Å²) in [5.41, 5.74) is 1.80. The number of hydrogen-bond donors (Lipinski definition) is 2. The SMILES string of the molecule is COc1cc(C[NH+]2CCN(C(=O)c3cccc4ccccc34)CC2)cc(OC)c1O. The van der Waals surface area contributed by atoms with Crippen LogP contribution < -0.4 is 14.4 Å². The van der Waals surface area contributed by atoms with E-state index in [2.05, 4.69) is 0 Å². The highest BCUT2D eigenvalue weighted by Crippen LogP contribution is 2.36. The molecule has 6 heteroatoms. The molecule has 1 heterocycles. The van der Waals surface area contributed by atoms with Crippen LogP contribution in [0.5, 0.6) is 17.2 Å². The smallest absolute Gasteiger partial charge is 0.254 e. The molecule has 0 spiro atoms. The number of ether oxygens (including phenoxy) is 2. The number of methoxy groups -OCH3 is 2. The summed E-state index contributed by atoms with van der Waals surface area (Å²) in [5.74, 6) is 0.935. The number of carbonyl (C=O) groups excluding carboxylic acids is 1. The first-order valence-electron chi connectivity index (χ1n) is 10.1. The third-order valence-corrected chi connectivity index (χ3v) is 5.77. The lowest BCUT2D eigenvalue weighted by molar-refractivity contribution is -0.917. The number of nitrogens with zero attached hydrogens (tertiary/aromatic N) is 1. The average molecular weight is 407 g/mol. The molecule has 4 rings (SSSR count). The molecule has 1 fully saturated rings. The quantitative estimate of drug-likeness (QED) is 0.680. The molecule has 1 aliphatic heterocycles. The zero-order valence-corrected chi connectivity index (χ0v) is 17.4. The van der Waals surface area contributed by atoms with E-state index < -0.39 is 0 Å². The molecular formula is C24H27N2O4+. The van der Waals surface area contributed by atoms with Crippen LogP contribution in [0.2, 0.25) is 0 Å². The van der Waals surface area contributed by atoms with E-state index in [-0.39, 0.29) is 11.7 Å². The van der Waals surface area contributed by atoms with Crippen molar-refractivity contribution < 1.29 is 24.3 Å². The van der Waals surface area contributed by atoms with E-state index in [1.54, 1.807) is 0 Å². The fourth-order valence-corrected chi connectivity index (χ4v) is 4.12. The van der Waals surface area contributed by atoms with Gasteiger partial charge in [0.1, 0.15) is 6.54 Å². The Kier molecular flexibility index (Phi) is 5.77. The Hall–Kier alpha value is -3.25. The third kappa shape index (κ3) is 3.91. The fraction of sp³-hybridized carbons (Fsp3) is 0.292. The van der Waals surface area contributed by atoms with Crippen molar-refractivity contribution in [3.8, 4) is 17.2 Å². The number of piperazine rings is 1. The van der Waals surface area contributed by atoms with Crippen molar-refractivity contribution in [2.75, 3.05) is 40.4 Å². The Balaban J connectivity index is 1.43. The Morgan fingerprint density at radius 1 is 1.00 bits per heavy atom. The van der Waals surface area contributed by atoms with Gasteiger partial charge in [0.05, 0.1) is 40.4 Å². The van der Waals surface area contributed by atoms with E-state index in [1.165, 1.54) is 19.1 Å². The first-order valence-corrected chi connectivity index (χ1v) is 10.1. The molecule has 1 amide bonds. The molecule has 3 aromatic carbocycles. The summed E-state index contributed by atoms with van der Waals surface area (Å²) in [6, 6.07) is 17.6. The molecule has 0 bridgehead atoms. The normalized spacial score (nSPS) is 14.7. The lowest BCUT2D eigenvalue weighted by Gasteiger charge is -2.32. The second-order valence-electron chi connectivity index (χ2n) is 7.59. The number of nitrogens with one attached hydrogen (secondary N) is 1. The monoisotopic (exact) mass is 407 g/mol. The van der Waals surface area contributed by atoms with Gasteiger partial charge in [-0.2, -0.15) is 0 Å². The van der Waals surface area contributed by atoms with Crippen LogP contribution in [0.1, 0.15) is 15.9 Å². The minimum atomic E-state index is 0.0178. The third-order valence-electron chi connectivity index (χ3n) is 5.77. The highest BCUT2D eigenvalue weighted by atomic mass is 16.5. The van der Waals surface area contributed by atoms with Gasteiger partial charge in [-0.1, -0.05) is 36.4 Å². The largest absolute Gasteiger partial charge is 0.502 e. The predicted molar refractivity (Wildman–Crippen MR) is 115 cm³/mol. The van der Waals surface area contributed by atoms with Crippen LogP contribution in [0.25, 0.3) is 10.8 Å². The van der Waals surface area contributed by atoms with Crippen LogP contribution in [0.3, 0.4) is 0 Å². The van der Waals surface area contributed by atoms with Crippen molar-refractivity contribution in [1.29, 1.82) is 0 Å². The van der Waals surface area contributed by atoms with Gasteiger partial charge in [-0.3, -0.25) is 4.79 Å². The number of hydrogen-bond acceptors (Lipinski definition) is 4. The molecule has 2 N–H and O–H groups in total. The van der Waals surface area contributed by atoms with Gasteiger partial charge in [0, 0.05) is 11.1 Å². The van der Waals surface area contributed by atoms with Crippen LogP contribution in [-0.4, -0.2) is 56.3 Å². The van der Waals surface area contributed by atoms with Crippen molar-refractivity contribution in [2.45, 2.75) is 6.54 Å². The van der Waals surface area contributed by atoms with Crippen molar-refractivity contribution >= 4 is 16.7 Å². The van der Waals surface area contributed by atoms with E-state index in [0.717, 1.165) is 41.5 Å². The lowest BCUT2D eigenvalue weighted by Crippen LogP contribution is -3.13. The van der Waals surface area contributed by atoms with Crippen molar-refractivity contribution in [1.82, 2.24) is 4.90 Å². The fourth-order valence-electron chi connectivity index (χ4n) is 4.12. The number of benzene rings is 3. The molecule has 0 radical (unpaired) electrons. The van der Waals surface area contributed by atoms with Crippen LogP contribution in [0, 0.1) is 0 Å². The standard InChI is InChI=1S/C24H26N2O4/c1-29-21-14-17(15-22(30-2)23(21)27)16-25-10-12-26(13-11-25)24(28)20-9-5-7-18-6-3-4-8-19(18)20/h3-9,14-15,27H,10-13,16H2,1-2H3/p+1. The van der Waals surface area contributed by atoms with Crippen LogP contribution in [-0.2, 0) is 6.54 Å². The van der Waals surface area contributed by atoms with Gasteiger partial charge in [0.15, 0.2) is 11.5 Å². The minimum absolute atomic E-state index is 0.0178. The summed E-state index contributed by atoms with van der Waals surface area (Å²) < 4.78 is 10.5. The molecule has 156 valence electrons. The number of aromatic hydroxyl groups is 1. The molecule has 0 atom stereocenters. The Morgan fingerprint density at radius 2 is 1.63 bits per heavy atom. The second kappa shape index (κ2) is 8.63. The second-order valence-corrected chi connectivity index (χ2v) is 7.59. The van der Waals surface area contributed by atoms with Crippen molar-refractivity contribution in [3.63, 3.8) is 0 Å². The zero-order chi connectivity index (χ0) is 21.1. The Labute approximate surface area is 176 Å². The maximum absolute atomic E-state index is 13.1. The minimum Gasteiger partial charge on any atom is -0.502 e. The van der Waals surface area contributed by atoms with E-state index >= 15 is 0 Å². The summed E-state index contributed by atoms with van der Waals surface area (Å²) in [5, 5.41) is 12.2. The summed E-state index contributed by atoms with van der Waals surface area (Å²) in [6.07, 6.45) is 0. The van der Waals surface area contributed by atoms with Gasteiger partial charge in [0.25, 0.3) is 5.91 Å². The summed E-state index contributed by atoms with van der Waals surface area (Å²) in [7, 11) is 3.06. The first-order chi connectivity index (χ1) is 14.6. The molecule has 3 aromatic rings. The van der Waals surface area contributed by atoms with Crippen molar-refractivity contribution in [2.24, 2.45) is 0 Å². The van der Waals surface area contributed by atoms with Gasteiger partial charge >= 0.3 is 0 Å². The summed E-state index contributed by atoms with van der Waals surface area (Å²) >= 11 is 0. The average Bonchev–Trinajstić information content (AvgIpc) is 2.79. The van der Waals surface area contributed by atoms with E-state index in [1.807, 2.05) is 59.5 Å². The van der Waals surface area contributed by atoms with Crippen LogP contribution in [0.4, 0.5) is 0 Å². The number of amides is 1. The number of phenols is 1. The molecular weight excluding hydrogens is 380 g/mol. The molecule has 0 aliphatic carbocycles. The van der Waals surface area contributed by atoms with E-state index in [4.69, 9.17) is 9.47 Å². The van der Waals surface area contributed by atoms with Gasteiger partial charge in [0.2, 0.25) is 5.75 Å². The number of phenolic OH excluding ortho intramolecular Hbond substituents is 1. The maximum atomic E-state index is 13.1. The van der Waals surface area contributed by atoms with Gasteiger partial charge in [-0.05, 0) is 29.0 Å². The molecule has 0 unspecified atom stereocenters. The molecule has 1 saturated heterocycles. The van der Waals surface area contributed by atoms with Crippen molar-refractivity contribution in [3.05, 3.63) is 65.7 Å². The molecule has 0 saturated carbocycles.